The number of benzene rings is 1. The summed E-state index contributed by atoms with van der Waals surface area (Å²) in [6, 6.07) is 8.48. The molecule has 2 heterocycles. The second kappa shape index (κ2) is 6.30. The number of rotatable bonds is 6. The van der Waals surface area contributed by atoms with Crippen LogP contribution in [0.25, 0.3) is 0 Å². The van der Waals surface area contributed by atoms with Crippen LogP contribution in [-0.2, 0) is 19.5 Å². The highest BCUT2D eigenvalue weighted by atomic mass is 15.3. The van der Waals surface area contributed by atoms with Gasteiger partial charge in [-0.05, 0) is 18.9 Å². The van der Waals surface area contributed by atoms with Gasteiger partial charge in [-0.25, -0.2) is 14.6 Å². The third-order valence-corrected chi connectivity index (χ3v) is 3.36. The number of nitrogens with zero attached hydrogens (tertiary/aromatic N) is 6. The molecule has 6 nitrogen and oxygen atoms in total. The molecule has 3 rings (SSSR count). The highest BCUT2D eigenvalue weighted by Crippen LogP contribution is 2.08. The van der Waals surface area contributed by atoms with E-state index in [1.165, 1.54) is 11.1 Å². The Hall–Kier alpha value is -2.50. The Morgan fingerprint density at radius 2 is 2.10 bits per heavy atom. The molecule has 0 spiro atoms. The molecule has 6 heteroatoms. The largest absolute Gasteiger partial charge is 0.253 e. The van der Waals surface area contributed by atoms with E-state index in [0.717, 1.165) is 31.8 Å². The van der Waals surface area contributed by atoms with E-state index in [9.17, 15) is 0 Å². The molecule has 3 aromatic rings. The Bertz CT molecular complexity index is 686. The van der Waals surface area contributed by atoms with Crippen molar-refractivity contribution in [3.05, 3.63) is 60.2 Å². The van der Waals surface area contributed by atoms with Gasteiger partial charge in [-0.15, -0.1) is 0 Å². The molecule has 0 unspecified atom stereocenters. The van der Waals surface area contributed by atoms with Crippen molar-refractivity contribution < 1.29 is 0 Å². The molecule has 0 bridgehead atoms. The lowest BCUT2D eigenvalue weighted by atomic mass is 10.1. The van der Waals surface area contributed by atoms with E-state index in [-0.39, 0.29) is 0 Å². The Kier molecular flexibility index (Phi) is 4.04. The Morgan fingerprint density at radius 1 is 1.14 bits per heavy atom. The van der Waals surface area contributed by atoms with E-state index < -0.39 is 0 Å². The van der Waals surface area contributed by atoms with Crippen molar-refractivity contribution in [2.75, 3.05) is 0 Å². The zero-order valence-electron chi connectivity index (χ0n) is 12.1. The molecule has 0 amide bonds. The highest BCUT2D eigenvalue weighted by molar-refractivity contribution is 5.22. The summed E-state index contributed by atoms with van der Waals surface area (Å²) in [6.07, 6.45) is 6.76. The molecule has 0 aliphatic rings. The fourth-order valence-electron chi connectivity index (χ4n) is 2.34. The zero-order valence-corrected chi connectivity index (χ0v) is 12.1. The molecule has 2 aromatic heterocycles. The molecule has 21 heavy (non-hydrogen) atoms. The first-order valence-electron chi connectivity index (χ1n) is 7.06. The molecular weight excluding hydrogens is 264 g/mol. The lowest BCUT2D eigenvalue weighted by Gasteiger charge is -2.07. The lowest BCUT2D eigenvalue weighted by molar-refractivity contribution is 0.549. The fraction of sp³-hybridized carbons (Fsp3) is 0.333. The summed E-state index contributed by atoms with van der Waals surface area (Å²) < 4.78 is 3.80. The summed E-state index contributed by atoms with van der Waals surface area (Å²) in [5, 5.41) is 8.43. The van der Waals surface area contributed by atoms with Crippen LogP contribution in [0.3, 0.4) is 0 Å². The number of hydrogen-bond donors (Lipinski definition) is 0. The maximum atomic E-state index is 4.36. The van der Waals surface area contributed by atoms with Crippen molar-refractivity contribution in [3.63, 3.8) is 0 Å². The first-order valence-corrected chi connectivity index (χ1v) is 7.06. The average molecular weight is 282 g/mol. The standard InChI is InChI=1S/C15H18N6/c1-13-4-2-5-14(8-13)9-21-15(17-11-19-21)6-3-7-20-12-16-10-18-20/h2,4-5,8,10-12H,3,6-7,9H2,1H3. The Balaban J connectivity index is 1.61. The molecule has 0 radical (unpaired) electrons. The van der Waals surface area contributed by atoms with E-state index in [4.69, 9.17) is 0 Å². The van der Waals surface area contributed by atoms with Crippen molar-refractivity contribution in [2.24, 2.45) is 0 Å². The van der Waals surface area contributed by atoms with Crippen LogP contribution >= 0.6 is 0 Å². The molecular formula is C15H18N6. The smallest absolute Gasteiger partial charge is 0.138 e. The minimum absolute atomic E-state index is 0.764. The fourth-order valence-corrected chi connectivity index (χ4v) is 2.34. The van der Waals surface area contributed by atoms with Crippen molar-refractivity contribution in [3.8, 4) is 0 Å². The highest BCUT2D eigenvalue weighted by Gasteiger charge is 2.05. The first kappa shape index (κ1) is 13.5. The third kappa shape index (κ3) is 3.53. The molecule has 0 saturated heterocycles. The van der Waals surface area contributed by atoms with Crippen LogP contribution in [0.5, 0.6) is 0 Å². The van der Waals surface area contributed by atoms with Gasteiger partial charge in [-0.2, -0.15) is 10.2 Å². The summed E-state index contributed by atoms with van der Waals surface area (Å²) in [4.78, 5) is 8.30. The van der Waals surface area contributed by atoms with Crippen molar-refractivity contribution in [1.82, 2.24) is 29.5 Å². The second-order valence-corrected chi connectivity index (χ2v) is 5.09. The van der Waals surface area contributed by atoms with E-state index in [1.807, 2.05) is 9.36 Å². The molecule has 0 atom stereocenters. The van der Waals surface area contributed by atoms with E-state index >= 15 is 0 Å². The summed E-state index contributed by atoms with van der Waals surface area (Å²) in [6.45, 7) is 3.71. The van der Waals surface area contributed by atoms with Crippen LogP contribution in [0.1, 0.15) is 23.4 Å². The molecule has 108 valence electrons. The minimum atomic E-state index is 0.764. The Morgan fingerprint density at radius 3 is 2.90 bits per heavy atom. The maximum Gasteiger partial charge on any atom is 0.138 e. The molecule has 0 aliphatic heterocycles. The van der Waals surface area contributed by atoms with Gasteiger partial charge >= 0.3 is 0 Å². The maximum absolute atomic E-state index is 4.36. The van der Waals surface area contributed by atoms with Gasteiger partial charge in [-0.3, -0.25) is 4.68 Å². The predicted octanol–water partition coefficient (Wildman–Crippen LogP) is 1.86. The van der Waals surface area contributed by atoms with E-state index in [2.05, 4.69) is 51.4 Å². The zero-order chi connectivity index (χ0) is 14.5. The van der Waals surface area contributed by atoms with Crippen LogP contribution < -0.4 is 0 Å². The number of aryl methyl sites for hydroxylation is 3. The van der Waals surface area contributed by atoms with Crippen LogP contribution in [0.2, 0.25) is 0 Å². The molecule has 0 N–H and O–H groups in total. The van der Waals surface area contributed by atoms with Gasteiger partial charge in [0.1, 0.15) is 24.8 Å². The van der Waals surface area contributed by atoms with Gasteiger partial charge in [0.25, 0.3) is 0 Å². The first-order chi connectivity index (χ1) is 10.3. The SMILES string of the molecule is Cc1cccc(Cn2ncnc2CCCn2cncn2)c1. The molecule has 0 saturated carbocycles. The Labute approximate surface area is 123 Å². The van der Waals surface area contributed by atoms with Gasteiger partial charge in [0.15, 0.2) is 0 Å². The van der Waals surface area contributed by atoms with Crippen LogP contribution in [0.15, 0.2) is 43.2 Å². The average Bonchev–Trinajstić information content (AvgIpc) is 3.12. The van der Waals surface area contributed by atoms with Crippen LogP contribution in [0, 0.1) is 6.92 Å². The monoisotopic (exact) mass is 282 g/mol. The van der Waals surface area contributed by atoms with E-state index in [0.29, 0.717) is 0 Å². The van der Waals surface area contributed by atoms with Gasteiger partial charge in [0, 0.05) is 13.0 Å². The third-order valence-electron chi connectivity index (χ3n) is 3.36. The van der Waals surface area contributed by atoms with Gasteiger partial charge in [0.05, 0.1) is 6.54 Å². The summed E-state index contributed by atoms with van der Waals surface area (Å²) in [5.74, 6) is 1.01. The number of aromatic nitrogens is 6. The quantitative estimate of drug-likeness (QED) is 0.692. The van der Waals surface area contributed by atoms with E-state index in [1.54, 1.807) is 19.0 Å². The van der Waals surface area contributed by atoms with Crippen LogP contribution in [-0.4, -0.2) is 29.5 Å². The van der Waals surface area contributed by atoms with Gasteiger partial charge in [-0.1, -0.05) is 29.8 Å². The van der Waals surface area contributed by atoms with Crippen molar-refractivity contribution >= 4 is 0 Å². The molecule has 0 aliphatic carbocycles. The molecule has 0 fully saturated rings. The second-order valence-electron chi connectivity index (χ2n) is 5.09. The molecule has 1 aromatic carbocycles. The van der Waals surface area contributed by atoms with Crippen LogP contribution in [0.4, 0.5) is 0 Å². The van der Waals surface area contributed by atoms with Crippen molar-refractivity contribution in [1.29, 1.82) is 0 Å². The predicted molar refractivity (Wildman–Crippen MR) is 78.6 cm³/mol. The normalized spacial score (nSPS) is 10.9. The summed E-state index contributed by atoms with van der Waals surface area (Å²) in [5.41, 5.74) is 2.51. The summed E-state index contributed by atoms with van der Waals surface area (Å²) >= 11 is 0. The number of hydrogen-bond acceptors (Lipinski definition) is 4. The topological polar surface area (TPSA) is 61.4 Å². The van der Waals surface area contributed by atoms with Crippen molar-refractivity contribution in [2.45, 2.75) is 32.9 Å². The van der Waals surface area contributed by atoms with Gasteiger partial charge < -0.3 is 0 Å². The lowest BCUT2D eigenvalue weighted by Crippen LogP contribution is -2.09. The minimum Gasteiger partial charge on any atom is -0.253 e. The van der Waals surface area contributed by atoms with Gasteiger partial charge in [0.2, 0.25) is 0 Å². The summed E-state index contributed by atoms with van der Waals surface area (Å²) in [7, 11) is 0.